The normalized spacial score (nSPS) is 12.0. The summed E-state index contributed by atoms with van der Waals surface area (Å²) in [5.74, 6) is -0.620. The minimum atomic E-state index is -4.14. The Kier molecular flexibility index (Phi) is 11.2. The van der Waals surface area contributed by atoms with Crippen molar-refractivity contribution in [3.8, 4) is 0 Å². The first kappa shape index (κ1) is 32.8. The van der Waals surface area contributed by atoms with Gasteiger partial charge in [0.15, 0.2) is 0 Å². The van der Waals surface area contributed by atoms with E-state index in [4.69, 9.17) is 11.6 Å². The molecule has 0 aromatic heterocycles. The van der Waals surface area contributed by atoms with Gasteiger partial charge in [0.25, 0.3) is 10.0 Å². The molecule has 1 atom stereocenters. The predicted molar refractivity (Wildman–Crippen MR) is 176 cm³/mol. The highest BCUT2D eigenvalue weighted by molar-refractivity contribution is 7.92. The minimum absolute atomic E-state index is 0.0656. The van der Waals surface area contributed by atoms with Crippen LogP contribution in [0.3, 0.4) is 0 Å². The van der Waals surface area contributed by atoms with Crippen molar-refractivity contribution in [3.05, 3.63) is 131 Å². The Balaban J connectivity index is 1.79. The molecule has 0 bridgehead atoms. The van der Waals surface area contributed by atoms with E-state index in [1.807, 2.05) is 50.2 Å². The van der Waals surface area contributed by atoms with Crippen LogP contribution in [0.5, 0.6) is 0 Å². The van der Waals surface area contributed by atoms with Gasteiger partial charge < -0.3 is 10.2 Å². The molecule has 9 heteroatoms. The number of halogens is 1. The van der Waals surface area contributed by atoms with Crippen LogP contribution in [-0.4, -0.2) is 44.3 Å². The second-order valence-electron chi connectivity index (χ2n) is 11.1. The number of hydrogen-bond acceptors (Lipinski definition) is 4. The molecule has 0 aliphatic carbocycles. The lowest BCUT2D eigenvalue weighted by Crippen LogP contribution is -2.53. The van der Waals surface area contributed by atoms with Crippen LogP contribution in [0.1, 0.15) is 30.5 Å². The van der Waals surface area contributed by atoms with E-state index in [2.05, 4.69) is 5.32 Å². The third kappa shape index (κ3) is 8.49. The zero-order valence-corrected chi connectivity index (χ0v) is 26.8. The van der Waals surface area contributed by atoms with E-state index in [-0.39, 0.29) is 29.7 Å². The number of carbonyl (C=O) groups excluding carboxylic acids is 2. The third-order valence-electron chi connectivity index (χ3n) is 7.22. The van der Waals surface area contributed by atoms with Crippen molar-refractivity contribution in [3.63, 3.8) is 0 Å². The van der Waals surface area contributed by atoms with Crippen molar-refractivity contribution in [2.45, 2.75) is 44.7 Å². The maximum absolute atomic E-state index is 14.5. The zero-order valence-electron chi connectivity index (χ0n) is 25.2. The third-order valence-corrected chi connectivity index (χ3v) is 9.24. The summed E-state index contributed by atoms with van der Waals surface area (Å²) in [5, 5.41) is 3.54. The van der Waals surface area contributed by atoms with Gasteiger partial charge in [0.2, 0.25) is 11.8 Å². The van der Waals surface area contributed by atoms with Gasteiger partial charge in [-0.05, 0) is 59.9 Å². The molecule has 7 nitrogen and oxygen atoms in total. The summed E-state index contributed by atoms with van der Waals surface area (Å²) < 4.78 is 29.3. The monoisotopic (exact) mass is 631 g/mol. The van der Waals surface area contributed by atoms with E-state index in [0.29, 0.717) is 22.8 Å². The van der Waals surface area contributed by atoms with Crippen LogP contribution in [-0.2, 0) is 32.6 Å². The summed E-state index contributed by atoms with van der Waals surface area (Å²) in [4.78, 5) is 29.8. The van der Waals surface area contributed by atoms with E-state index in [9.17, 15) is 18.0 Å². The molecule has 230 valence electrons. The molecule has 0 heterocycles. The number of para-hydroxylation sites is 1. The first-order valence-corrected chi connectivity index (χ1v) is 16.4. The van der Waals surface area contributed by atoms with E-state index in [1.165, 1.54) is 17.0 Å². The molecular weight excluding hydrogens is 594 g/mol. The summed E-state index contributed by atoms with van der Waals surface area (Å²) in [6.07, 6.45) is 0.250. The van der Waals surface area contributed by atoms with E-state index in [1.54, 1.807) is 67.6 Å². The van der Waals surface area contributed by atoms with Gasteiger partial charge >= 0.3 is 0 Å². The van der Waals surface area contributed by atoms with Gasteiger partial charge in [-0.15, -0.1) is 0 Å². The van der Waals surface area contributed by atoms with Crippen molar-refractivity contribution in [1.82, 2.24) is 10.2 Å². The largest absolute Gasteiger partial charge is 0.354 e. The van der Waals surface area contributed by atoms with Crippen LogP contribution >= 0.6 is 11.6 Å². The fourth-order valence-electron chi connectivity index (χ4n) is 4.84. The highest BCUT2D eigenvalue weighted by Gasteiger charge is 2.35. The number of rotatable bonds is 13. The van der Waals surface area contributed by atoms with Gasteiger partial charge in [-0.1, -0.05) is 104 Å². The minimum Gasteiger partial charge on any atom is -0.354 e. The molecule has 0 radical (unpaired) electrons. The first-order chi connectivity index (χ1) is 21.1. The quantitative estimate of drug-likeness (QED) is 0.189. The zero-order chi connectivity index (χ0) is 31.7. The lowest BCUT2D eigenvalue weighted by atomic mass is 10.0. The molecule has 0 aliphatic heterocycles. The van der Waals surface area contributed by atoms with Crippen molar-refractivity contribution in [1.29, 1.82) is 0 Å². The molecule has 4 rings (SSSR count). The Morgan fingerprint density at radius 2 is 1.39 bits per heavy atom. The number of benzene rings is 4. The summed E-state index contributed by atoms with van der Waals surface area (Å²) in [6, 6.07) is 30.7. The van der Waals surface area contributed by atoms with Gasteiger partial charge in [-0.25, -0.2) is 8.42 Å². The average molecular weight is 632 g/mol. The van der Waals surface area contributed by atoms with Crippen LogP contribution in [0.2, 0.25) is 5.02 Å². The second kappa shape index (κ2) is 15.0. The van der Waals surface area contributed by atoms with Crippen LogP contribution in [0.15, 0.2) is 114 Å². The second-order valence-corrected chi connectivity index (χ2v) is 13.4. The van der Waals surface area contributed by atoms with Gasteiger partial charge in [0.1, 0.15) is 12.6 Å². The maximum atomic E-state index is 14.5. The summed E-state index contributed by atoms with van der Waals surface area (Å²) in [6.45, 7) is 5.81. The van der Waals surface area contributed by atoms with E-state index < -0.39 is 28.5 Å². The van der Waals surface area contributed by atoms with Crippen LogP contribution in [0, 0.1) is 12.8 Å². The van der Waals surface area contributed by atoms with Crippen molar-refractivity contribution in [2.24, 2.45) is 5.92 Å². The Morgan fingerprint density at radius 3 is 2.00 bits per heavy atom. The maximum Gasteiger partial charge on any atom is 0.264 e. The Bertz CT molecular complexity index is 1650. The van der Waals surface area contributed by atoms with Crippen molar-refractivity contribution >= 4 is 39.1 Å². The first-order valence-electron chi connectivity index (χ1n) is 14.5. The fraction of sp³-hybridized carbons (Fsp3) is 0.257. The Morgan fingerprint density at radius 1 is 0.795 bits per heavy atom. The van der Waals surface area contributed by atoms with E-state index >= 15 is 0 Å². The fourth-order valence-corrected chi connectivity index (χ4v) is 6.47. The van der Waals surface area contributed by atoms with Gasteiger partial charge in [-0.3, -0.25) is 13.9 Å². The topological polar surface area (TPSA) is 86.8 Å². The lowest BCUT2D eigenvalue weighted by Gasteiger charge is -2.34. The van der Waals surface area contributed by atoms with E-state index in [0.717, 1.165) is 15.4 Å². The molecular formula is C35H38ClN3O4S. The standard InChI is InChI=1S/C35H38ClN3O4S/c1-26(2)23-37-35(41)33(22-28-13-6-4-7-14-28)38(24-29-18-20-30(36)21-19-29)34(40)25-39(32-17-11-10-12-27(32)3)44(42,43)31-15-8-5-9-16-31/h4-21,26,33H,22-25H2,1-3H3,(H,37,41)/t33-/m0/s1. The number of hydrogen-bond donors (Lipinski definition) is 1. The Labute approximate surface area is 265 Å². The highest BCUT2D eigenvalue weighted by atomic mass is 35.5. The molecule has 4 aromatic carbocycles. The number of sulfonamides is 1. The molecule has 4 aromatic rings. The smallest absolute Gasteiger partial charge is 0.264 e. The molecule has 0 spiro atoms. The van der Waals surface area contributed by atoms with Gasteiger partial charge in [0.05, 0.1) is 10.6 Å². The SMILES string of the molecule is Cc1ccccc1N(CC(=O)N(Cc1ccc(Cl)cc1)[C@@H](Cc1ccccc1)C(=O)NCC(C)C)S(=O)(=O)c1ccccc1. The molecule has 0 unspecified atom stereocenters. The summed E-state index contributed by atoms with van der Waals surface area (Å²) >= 11 is 6.14. The summed E-state index contributed by atoms with van der Waals surface area (Å²) in [7, 11) is -4.14. The molecule has 0 saturated heterocycles. The van der Waals surface area contributed by atoms with Gasteiger partial charge in [-0.2, -0.15) is 0 Å². The number of aryl methyl sites for hydroxylation is 1. The molecule has 44 heavy (non-hydrogen) atoms. The molecule has 2 amide bonds. The molecule has 0 aliphatic rings. The van der Waals surface area contributed by atoms with Crippen LogP contribution in [0.25, 0.3) is 0 Å². The lowest BCUT2D eigenvalue weighted by molar-refractivity contribution is -0.140. The molecule has 1 N–H and O–H groups in total. The molecule has 0 fully saturated rings. The number of carbonyl (C=O) groups is 2. The number of amides is 2. The van der Waals surface area contributed by atoms with Crippen LogP contribution in [0.4, 0.5) is 5.69 Å². The number of nitrogens with zero attached hydrogens (tertiary/aromatic N) is 2. The van der Waals surface area contributed by atoms with Gasteiger partial charge in [0, 0.05) is 24.5 Å². The van der Waals surface area contributed by atoms with Crippen molar-refractivity contribution in [2.75, 3.05) is 17.4 Å². The van der Waals surface area contributed by atoms with Crippen molar-refractivity contribution < 1.29 is 18.0 Å². The molecule has 0 saturated carbocycles. The highest BCUT2D eigenvalue weighted by Crippen LogP contribution is 2.27. The average Bonchev–Trinajstić information content (AvgIpc) is 3.02. The number of anilines is 1. The van der Waals surface area contributed by atoms with Crippen LogP contribution < -0.4 is 9.62 Å². The summed E-state index contributed by atoms with van der Waals surface area (Å²) in [5.41, 5.74) is 2.71. The number of nitrogens with one attached hydrogen (secondary N) is 1. The Hall–Kier alpha value is -4.14. The predicted octanol–water partition coefficient (Wildman–Crippen LogP) is 6.26.